The molecule has 2 fully saturated rings. The molecular weight excluding hydrogens is 216 g/mol. The summed E-state index contributed by atoms with van der Waals surface area (Å²) < 4.78 is 5.33. The zero-order valence-electron chi connectivity index (χ0n) is 11.2. The smallest absolute Gasteiger partial charge is 0.326 e. The summed E-state index contributed by atoms with van der Waals surface area (Å²) in [5.41, 5.74) is -0.332. The Labute approximate surface area is 104 Å². The summed E-state index contributed by atoms with van der Waals surface area (Å²) >= 11 is 0. The van der Waals surface area contributed by atoms with E-state index in [4.69, 9.17) is 4.74 Å². The van der Waals surface area contributed by atoms with E-state index in [1.165, 1.54) is 0 Å². The molecule has 1 saturated carbocycles. The minimum absolute atomic E-state index is 0.0399. The van der Waals surface area contributed by atoms with Gasteiger partial charge >= 0.3 is 5.97 Å². The summed E-state index contributed by atoms with van der Waals surface area (Å²) in [5, 5.41) is 3.34. The van der Waals surface area contributed by atoms with Gasteiger partial charge < -0.3 is 10.1 Å². The van der Waals surface area contributed by atoms with Gasteiger partial charge in [0.25, 0.3) is 0 Å². The molecule has 4 nitrogen and oxygen atoms in total. The van der Waals surface area contributed by atoms with Crippen molar-refractivity contribution in [3.8, 4) is 0 Å². The highest BCUT2D eigenvalue weighted by molar-refractivity contribution is 5.82. The Bertz CT molecular complexity index is 296. The zero-order chi connectivity index (χ0) is 12.5. The van der Waals surface area contributed by atoms with Crippen molar-refractivity contribution in [3.63, 3.8) is 0 Å². The van der Waals surface area contributed by atoms with E-state index in [0.717, 1.165) is 39.0 Å². The molecule has 0 aromatic heterocycles. The van der Waals surface area contributed by atoms with Crippen molar-refractivity contribution in [2.45, 2.75) is 39.2 Å². The molecule has 1 saturated heterocycles. The van der Waals surface area contributed by atoms with E-state index >= 15 is 0 Å². The summed E-state index contributed by atoms with van der Waals surface area (Å²) in [6.45, 7) is 10.4. The monoisotopic (exact) mass is 240 g/mol. The van der Waals surface area contributed by atoms with Crippen LogP contribution in [0.2, 0.25) is 0 Å². The number of carbonyl (C=O) groups excluding carboxylic acids is 1. The fourth-order valence-corrected chi connectivity index (χ4v) is 2.82. The quantitative estimate of drug-likeness (QED) is 0.745. The number of hydrogen-bond acceptors (Lipinski definition) is 4. The first kappa shape index (κ1) is 12.8. The highest BCUT2D eigenvalue weighted by Gasteiger charge is 2.61. The Kier molecular flexibility index (Phi) is 3.46. The molecular formula is C13H24N2O2. The normalized spacial score (nSPS) is 27.2. The van der Waals surface area contributed by atoms with E-state index < -0.39 is 5.54 Å². The van der Waals surface area contributed by atoms with E-state index in [-0.39, 0.29) is 11.4 Å². The molecule has 0 aromatic carbocycles. The molecule has 17 heavy (non-hydrogen) atoms. The minimum atomic E-state index is -0.439. The van der Waals surface area contributed by atoms with Crippen LogP contribution >= 0.6 is 0 Å². The second kappa shape index (κ2) is 4.58. The first-order valence-corrected chi connectivity index (χ1v) is 6.67. The number of rotatable bonds is 4. The van der Waals surface area contributed by atoms with Gasteiger partial charge in [0.1, 0.15) is 5.54 Å². The number of piperazine rings is 1. The fourth-order valence-electron chi connectivity index (χ4n) is 2.82. The van der Waals surface area contributed by atoms with Gasteiger partial charge in [0, 0.05) is 26.2 Å². The molecule has 1 atom stereocenters. The Balaban J connectivity index is 2.19. The lowest BCUT2D eigenvalue weighted by atomic mass is 9.81. The summed E-state index contributed by atoms with van der Waals surface area (Å²) in [5.74, 6) is -0.0399. The second-order valence-corrected chi connectivity index (χ2v) is 5.59. The van der Waals surface area contributed by atoms with Gasteiger partial charge in [-0.05, 0) is 32.1 Å². The van der Waals surface area contributed by atoms with E-state index in [2.05, 4.69) is 24.1 Å². The van der Waals surface area contributed by atoms with Crippen molar-refractivity contribution in [1.82, 2.24) is 10.2 Å². The SMILES string of the molecule is CCOC(=O)C(C)(N1CCNCC1)C1(C)CC1. The number of hydrogen-bond donors (Lipinski definition) is 1. The first-order chi connectivity index (χ1) is 8.04. The van der Waals surface area contributed by atoms with Crippen molar-refractivity contribution in [1.29, 1.82) is 0 Å². The third-order valence-electron chi connectivity index (χ3n) is 4.60. The van der Waals surface area contributed by atoms with Crippen LogP contribution in [-0.2, 0) is 9.53 Å². The molecule has 0 spiro atoms. The van der Waals surface area contributed by atoms with Gasteiger partial charge in [0.2, 0.25) is 0 Å². The fraction of sp³-hybridized carbons (Fsp3) is 0.923. The van der Waals surface area contributed by atoms with Crippen LogP contribution in [0.4, 0.5) is 0 Å². The molecule has 0 radical (unpaired) electrons. The molecule has 0 bridgehead atoms. The highest BCUT2D eigenvalue weighted by Crippen LogP contribution is 2.56. The largest absolute Gasteiger partial charge is 0.465 e. The summed E-state index contributed by atoms with van der Waals surface area (Å²) in [6.07, 6.45) is 2.26. The van der Waals surface area contributed by atoms with Crippen LogP contribution in [0.3, 0.4) is 0 Å². The van der Waals surface area contributed by atoms with Gasteiger partial charge in [-0.3, -0.25) is 9.69 Å². The van der Waals surface area contributed by atoms with Crippen molar-refractivity contribution < 1.29 is 9.53 Å². The third kappa shape index (κ3) is 2.08. The molecule has 2 aliphatic rings. The number of nitrogens with zero attached hydrogens (tertiary/aromatic N) is 1. The van der Waals surface area contributed by atoms with Crippen LogP contribution in [-0.4, -0.2) is 49.2 Å². The Morgan fingerprint density at radius 2 is 2.00 bits per heavy atom. The first-order valence-electron chi connectivity index (χ1n) is 6.67. The summed E-state index contributed by atoms with van der Waals surface area (Å²) in [4.78, 5) is 14.7. The highest BCUT2D eigenvalue weighted by atomic mass is 16.5. The van der Waals surface area contributed by atoms with E-state index in [1.54, 1.807) is 0 Å². The Morgan fingerprint density at radius 3 is 2.47 bits per heavy atom. The molecule has 0 amide bonds. The van der Waals surface area contributed by atoms with Gasteiger partial charge in [-0.15, -0.1) is 0 Å². The van der Waals surface area contributed by atoms with Gasteiger partial charge in [-0.2, -0.15) is 0 Å². The molecule has 98 valence electrons. The van der Waals surface area contributed by atoms with Crippen LogP contribution in [0.25, 0.3) is 0 Å². The average molecular weight is 240 g/mol. The number of ether oxygens (including phenoxy) is 1. The topological polar surface area (TPSA) is 41.6 Å². The van der Waals surface area contributed by atoms with Crippen molar-refractivity contribution in [2.75, 3.05) is 32.8 Å². The standard InChI is InChI=1S/C13H24N2O2/c1-4-17-11(16)13(3,12(2)5-6-12)15-9-7-14-8-10-15/h14H,4-10H2,1-3H3. The minimum Gasteiger partial charge on any atom is -0.465 e. The maximum atomic E-state index is 12.4. The lowest BCUT2D eigenvalue weighted by molar-refractivity contribution is -0.162. The molecule has 1 aliphatic carbocycles. The molecule has 2 rings (SSSR count). The molecule has 0 aromatic rings. The Morgan fingerprint density at radius 1 is 1.41 bits per heavy atom. The zero-order valence-corrected chi connectivity index (χ0v) is 11.2. The summed E-state index contributed by atoms with van der Waals surface area (Å²) in [7, 11) is 0. The van der Waals surface area contributed by atoms with Gasteiger partial charge in [0.05, 0.1) is 6.61 Å². The van der Waals surface area contributed by atoms with Gasteiger partial charge in [-0.1, -0.05) is 6.92 Å². The van der Waals surface area contributed by atoms with E-state index in [0.29, 0.717) is 6.61 Å². The average Bonchev–Trinajstić information content (AvgIpc) is 3.09. The molecule has 1 aliphatic heterocycles. The number of carbonyl (C=O) groups is 1. The maximum Gasteiger partial charge on any atom is 0.326 e. The maximum absolute atomic E-state index is 12.4. The molecule has 1 N–H and O–H groups in total. The van der Waals surface area contributed by atoms with Crippen LogP contribution in [0.5, 0.6) is 0 Å². The third-order valence-corrected chi connectivity index (χ3v) is 4.60. The van der Waals surface area contributed by atoms with Gasteiger partial charge in [0.15, 0.2) is 0 Å². The van der Waals surface area contributed by atoms with Crippen LogP contribution < -0.4 is 5.32 Å². The number of nitrogens with one attached hydrogen (secondary N) is 1. The van der Waals surface area contributed by atoms with Crippen LogP contribution in [0, 0.1) is 5.41 Å². The van der Waals surface area contributed by atoms with Crippen LogP contribution in [0.1, 0.15) is 33.6 Å². The van der Waals surface area contributed by atoms with Crippen molar-refractivity contribution >= 4 is 5.97 Å². The predicted molar refractivity (Wildman–Crippen MR) is 66.8 cm³/mol. The molecule has 1 heterocycles. The van der Waals surface area contributed by atoms with Crippen molar-refractivity contribution in [2.24, 2.45) is 5.41 Å². The molecule has 1 unspecified atom stereocenters. The van der Waals surface area contributed by atoms with Gasteiger partial charge in [-0.25, -0.2) is 0 Å². The predicted octanol–water partition coefficient (Wildman–Crippen LogP) is 1.01. The Hall–Kier alpha value is -0.610. The molecule has 4 heteroatoms. The second-order valence-electron chi connectivity index (χ2n) is 5.59. The lowest BCUT2D eigenvalue weighted by Gasteiger charge is -2.45. The number of esters is 1. The summed E-state index contributed by atoms with van der Waals surface area (Å²) in [6, 6.07) is 0. The van der Waals surface area contributed by atoms with E-state index in [1.807, 2.05) is 6.92 Å². The van der Waals surface area contributed by atoms with E-state index in [9.17, 15) is 4.79 Å². The van der Waals surface area contributed by atoms with Crippen LogP contribution in [0.15, 0.2) is 0 Å². The van der Waals surface area contributed by atoms with Crippen molar-refractivity contribution in [3.05, 3.63) is 0 Å². The lowest BCUT2D eigenvalue weighted by Crippen LogP contribution is -2.63.